The molecule has 1 unspecified atom stereocenters. The zero-order valence-electron chi connectivity index (χ0n) is 20.2. The first-order chi connectivity index (χ1) is 17.7. The lowest BCUT2D eigenvalue weighted by atomic mass is 9.96. The third-order valence-corrected chi connectivity index (χ3v) is 7.59. The monoisotopic (exact) mass is 512 g/mol. The third-order valence-electron chi connectivity index (χ3n) is 6.58. The van der Waals surface area contributed by atoms with Gasteiger partial charge in [0.25, 0.3) is 5.78 Å². The molecule has 1 N–H and O–H groups in total. The number of fused-ring (bicyclic) bond motifs is 2. The van der Waals surface area contributed by atoms with E-state index in [1.165, 1.54) is 40.5 Å². The summed E-state index contributed by atoms with van der Waals surface area (Å²) >= 11 is 1.29. The van der Waals surface area contributed by atoms with Gasteiger partial charge in [-0.25, -0.2) is 14.4 Å². The van der Waals surface area contributed by atoms with Gasteiger partial charge in [-0.2, -0.15) is 0 Å². The van der Waals surface area contributed by atoms with E-state index in [2.05, 4.69) is 4.98 Å². The largest absolute Gasteiger partial charge is 0.505 e. The van der Waals surface area contributed by atoms with Crippen LogP contribution in [0.15, 0.2) is 66.4 Å². The van der Waals surface area contributed by atoms with Gasteiger partial charge in [0.05, 0.1) is 27.5 Å². The highest BCUT2D eigenvalue weighted by Crippen LogP contribution is 2.45. The van der Waals surface area contributed by atoms with Crippen molar-refractivity contribution >= 4 is 49.8 Å². The van der Waals surface area contributed by atoms with Gasteiger partial charge < -0.3 is 5.11 Å². The maximum absolute atomic E-state index is 13.8. The van der Waals surface area contributed by atoms with Crippen LogP contribution >= 0.6 is 11.3 Å². The van der Waals surface area contributed by atoms with Crippen LogP contribution in [0.25, 0.3) is 21.6 Å². The first-order valence-electron chi connectivity index (χ1n) is 11.6. The minimum absolute atomic E-state index is 0.0995. The second kappa shape index (κ2) is 8.35. The molecule has 3 aromatic heterocycles. The van der Waals surface area contributed by atoms with Gasteiger partial charge in [0.1, 0.15) is 17.2 Å². The number of ketones is 1. The number of rotatable bonds is 3. The number of benzene rings is 2. The summed E-state index contributed by atoms with van der Waals surface area (Å²) in [5, 5.41) is 11.9. The molecular weight excluding hydrogens is 491 g/mol. The van der Waals surface area contributed by atoms with Gasteiger partial charge in [-0.15, -0.1) is 0 Å². The number of halogens is 1. The minimum atomic E-state index is -1.00. The first kappa shape index (κ1) is 23.1. The zero-order valence-corrected chi connectivity index (χ0v) is 21.0. The summed E-state index contributed by atoms with van der Waals surface area (Å²) < 4.78 is 16.4. The van der Waals surface area contributed by atoms with Crippen molar-refractivity contribution in [2.75, 3.05) is 4.90 Å². The fraction of sp³-hybridized carbons (Fsp3) is 0.143. The number of aliphatic hydroxyl groups excluding tert-OH is 1. The predicted octanol–water partition coefficient (Wildman–Crippen LogP) is 5.63. The van der Waals surface area contributed by atoms with Gasteiger partial charge in [-0.3, -0.25) is 18.9 Å². The van der Waals surface area contributed by atoms with E-state index in [1.807, 2.05) is 32.0 Å². The Hall–Kier alpha value is -4.37. The molecule has 1 atom stereocenters. The Bertz CT molecular complexity index is 1780. The summed E-state index contributed by atoms with van der Waals surface area (Å²) in [7, 11) is 0. The van der Waals surface area contributed by atoms with Crippen LogP contribution in [0.2, 0.25) is 0 Å². The molecule has 184 valence electrons. The molecule has 1 saturated heterocycles. The Morgan fingerprint density at radius 2 is 1.78 bits per heavy atom. The van der Waals surface area contributed by atoms with E-state index in [1.54, 1.807) is 29.7 Å². The Morgan fingerprint density at radius 1 is 1.03 bits per heavy atom. The molecule has 0 spiro atoms. The SMILES string of the molecule is Cc1cc(C)c2nc(N3C(=O)C(=O)C(=C(O)c4c(C)nc5ccccn45)C3c3ccc(F)cc3)sc2c1. The molecule has 7 nitrogen and oxygen atoms in total. The maximum Gasteiger partial charge on any atom is 0.301 e. The Kier molecular flexibility index (Phi) is 5.20. The Labute approximate surface area is 215 Å². The summed E-state index contributed by atoms with van der Waals surface area (Å²) in [5.41, 5.74) is 4.52. The highest BCUT2D eigenvalue weighted by atomic mass is 32.1. The van der Waals surface area contributed by atoms with Crippen LogP contribution in [0.5, 0.6) is 0 Å². The summed E-state index contributed by atoms with van der Waals surface area (Å²) in [5.74, 6) is -2.45. The number of pyridine rings is 1. The molecule has 0 saturated carbocycles. The highest BCUT2D eigenvalue weighted by molar-refractivity contribution is 7.22. The number of amides is 1. The topological polar surface area (TPSA) is 87.8 Å². The highest BCUT2D eigenvalue weighted by Gasteiger charge is 2.48. The molecule has 0 bridgehead atoms. The summed E-state index contributed by atoms with van der Waals surface area (Å²) in [6, 6.07) is 13.9. The van der Waals surface area contributed by atoms with Crippen molar-refractivity contribution in [2.45, 2.75) is 26.8 Å². The molecule has 1 aliphatic heterocycles. The van der Waals surface area contributed by atoms with E-state index >= 15 is 0 Å². The van der Waals surface area contributed by atoms with Crippen LogP contribution in [0, 0.1) is 26.6 Å². The van der Waals surface area contributed by atoms with Gasteiger partial charge in [0.15, 0.2) is 10.9 Å². The molecule has 37 heavy (non-hydrogen) atoms. The number of carbonyl (C=O) groups is 2. The van der Waals surface area contributed by atoms with Gasteiger partial charge in [-0.05, 0) is 67.8 Å². The van der Waals surface area contributed by atoms with Gasteiger partial charge in [0.2, 0.25) is 0 Å². The number of anilines is 1. The number of aryl methyl sites for hydroxylation is 3. The fourth-order valence-corrected chi connectivity index (χ4v) is 6.15. The summed E-state index contributed by atoms with van der Waals surface area (Å²) in [4.78, 5) is 37.5. The summed E-state index contributed by atoms with van der Waals surface area (Å²) in [6.45, 7) is 5.65. The predicted molar refractivity (Wildman–Crippen MR) is 140 cm³/mol. The molecular formula is C28H21FN4O3S. The van der Waals surface area contributed by atoms with Crippen molar-refractivity contribution in [3.8, 4) is 0 Å². The number of imidazole rings is 1. The van der Waals surface area contributed by atoms with Gasteiger partial charge in [0, 0.05) is 6.20 Å². The number of nitrogens with zero attached hydrogens (tertiary/aromatic N) is 4. The quantitative estimate of drug-likeness (QED) is 0.192. The number of aliphatic hydroxyl groups is 1. The average Bonchev–Trinajstić information content (AvgIpc) is 3.51. The van der Waals surface area contributed by atoms with E-state index < -0.39 is 23.5 Å². The Morgan fingerprint density at radius 3 is 2.54 bits per heavy atom. The van der Waals surface area contributed by atoms with E-state index in [9.17, 15) is 19.1 Å². The third kappa shape index (κ3) is 3.54. The van der Waals surface area contributed by atoms with Crippen molar-refractivity contribution < 1.29 is 19.1 Å². The minimum Gasteiger partial charge on any atom is -0.505 e. The van der Waals surface area contributed by atoms with Crippen molar-refractivity contribution in [3.63, 3.8) is 0 Å². The molecule has 6 rings (SSSR count). The lowest BCUT2D eigenvalue weighted by Crippen LogP contribution is -2.29. The molecule has 1 fully saturated rings. The number of carbonyl (C=O) groups excluding carboxylic acids is 2. The molecule has 1 amide bonds. The summed E-state index contributed by atoms with van der Waals surface area (Å²) in [6.07, 6.45) is 1.73. The van der Waals surface area contributed by atoms with Gasteiger partial charge in [-0.1, -0.05) is 35.6 Å². The Balaban J connectivity index is 1.62. The second-order valence-electron chi connectivity index (χ2n) is 9.12. The van der Waals surface area contributed by atoms with E-state index in [-0.39, 0.29) is 11.3 Å². The first-order valence-corrected chi connectivity index (χ1v) is 12.4. The molecule has 5 aromatic rings. The van der Waals surface area contributed by atoms with E-state index in [0.717, 1.165) is 21.3 Å². The number of hydrogen-bond acceptors (Lipinski definition) is 6. The standard InChI is InChI=1S/C28H21FN4O3S/c1-14-12-15(2)22-19(13-14)37-28(31-22)33-24(17-7-9-18(29)10-8-17)21(26(35)27(33)36)25(34)23-16(3)30-20-6-4-5-11-32(20)23/h4-13,24,34H,1-3H3. The molecule has 1 aliphatic rings. The number of thiazole rings is 1. The van der Waals surface area contributed by atoms with Crippen molar-refractivity contribution in [2.24, 2.45) is 0 Å². The van der Waals surface area contributed by atoms with Crippen molar-refractivity contribution in [1.82, 2.24) is 14.4 Å². The molecule has 2 aromatic carbocycles. The van der Waals surface area contributed by atoms with E-state index in [0.29, 0.717) is 27.7 Å². The molecule has 0 radical (unpaired) electrons. The van der Waals surface area contributed by atoms with Crippen LogP contribution in [-0.4, -0.2) is 31.2 Å². The fourth-order valence-electron chi connectivity index (χ4n) is 4.98. The van der Waals surface area contributed by atoms with Crippen LogP contribution in [0.4, 0.5) is 9.52 Å². The lowest BCUT2D eigenvalue weighted by molar-refractivity contribution is -0.132. The van der Waals surface area contributed by atoms with E-state index in [4.69, 9.17) is 4.98 Å². The van der Waals surface area contributed by atoms with Crippen molar-refractivity contribution in [1.29, 1.82) is 0 Å². The number of aromatic nitrogens is 3. The van der Waals surface area contributed by atoms with Crippen LogP contribution in [-0.2, 0) is 9.59 Å². The average molecular weight is 513 g/mol. The smallest absolute Gasteiger partial charge is 0.301 e. The van der Waals surface area contributed by atoms with Gasteiger partial charge >= 0.3 is 5.91 Å². The zero-order chi connectivity index (χ0) is 26.0. The second-order valence-corrected chi connectivity index (χ2v) is 10.1. The normalized spacial score (nSPS) is 17.4. The number of Topliss-reactive ketones (excluding diaryl/α,β-unsaturated/α-hetero) is 1. The lowest BCUT2D eigenvalue weighted by Gasteiger charge is -2.23. The van der Waals surface area contributed by atoms with Crippen LogP contribution < -0.4 is 4.90 Å². The maximum atomic E-state index is 13.8. The molecule has 4 heterocycles. The van der Waals surface area contributed by atoms with Crippen LogP contribution in [0.1, 0.15) is 34.1 Å². The van der Waals surface area contributed by atoms with Crippen LogP contribution in [0.3, 0.4) is 0 Å². The molecule has 9 heteroatoms. The molecule has 0 aliphatic carbocycles. The van der Waals surface area contributed by atoms with Crippen molar-refractivity contribution in [3.05, 3.63) is 100 Å². The number of hydrogen-bond donors (Lipinski definition) is 1.